The van der Waals surface area contributed by atoms with Crippen LogP contribution in [0, 0.1) is 0 Å². The number of halogens is 1. The van der Waals surface area contributed by atoms with Crippen LogP contribution in [0.25, 0.3) is 17.0 Å². The van der Waals surface area contributed by atoms with Crippen LogP contribution in [-0.2, 0) is 9.53 Å². The Morgan fingerprint density at radius 2 is 2.09 bits per heavy atom. The zero-order chi connectivity index (χ0) is 17.0. The topological polar surface area (TPSA) is 85.5 Å². The molecule has 1 heterocycles. The van der Waals surface area contributed by atoms with Gasteiger partial charge in [0.15, 0.2) is 11.2 Å². The van der Waals surface area contributed by atoms with Crippen molar-refractivity contribution in [1.29, 1.82) is 0 Å². The molecular weight excluding hydrogens is 322 g/mol. The van der Waals surface area contributed by atoms with E-state index in [9.17, 15) is 14.4 Å². The number of benzene rings is 1. The first-order valence-corrected chi connectivity index (χ1v) is 7.14. The quantitative estimate of drug-likeness (QED) is 0.683. The number of aromatic nitrogens is 1. The zero-order valence-electron chi connectivity index (χ0n) is 12.5. The normalized spacial score (nSPS) is 10.9. The molecule has 0 saturated carbocycles. The lowest BCUT2D eigenvalue weighted by Crippen LogP contribution is -2.10. The summed E-state index contributed by atoms with van der Waals surface area (Å²) >= 11 is 5.89. The molecule has 7 heteroatoms. The standard InChI is InChI=1S/C16H14ClNO5/c1-3-23-13(19)7-6-11-14(20)10-5-4-9(17)8-12(10)18-16(21)15(11)22-2/h4-8H,3H2,1-2H3,(H,18,21)/b7-6+. The number of carbonyl (C=O) groups is 1. The van der Waals surface area contributed by atoms with Crippen molar-refractivity contribution in [3.8, 4) is 5.75 Å². The highest BCUT2D eigenvalue weighted by Gasteiger charge is 2.12. The number of ether oxygens (including phenoxy) is 2. The van der Waals surface area contributed by atoms with Gasteiger partial charge >= 0.3 is 5.97 Å². The van der Waals surface area contributed by atoms with E-state index in [0.717, 1.165) is 6.08 Å². The third kappa shape index (κ3) is 3.60. The molecule has 0 fully saturated rings. The molecule has 0 atom stereocenters. The lowest BCUT2D eigenvalue weighted by atomic mass is 10.1. The van der Waals surface area contributed by atoms with E-state index < -0.39 is 17.0 Å². The zero-order valence-corrected chi connectivity index (χ0v) is 13.3. The van der Waals surface area contributed by atoms with E-state index in [0.29, 0.717) is 5.02 Å². The fourth-order valence-corrected chi connectivity index (χ4v) is 2.24. The molecule has 0 spiro atoms. The number of nitrogens with one attached hydrogen (secondary N) is 1. The molecule has 0 aliphatic rings. The number of esters is 1. The highest BCUT2D eigenvalue weighted by atomic mass is 35.5. The molecule has 1 N–H and O–H groups in total. The smallest absolute Gasteiger partial charge is 0.330 e. The molecule has 2 rings (SSSR count). The summed E-state index contributed by atoms with van der Waals surface area (Å²) in [7, 11) is 1.27. The van der Waals surface area contributed by atoms with Crippen molar-refractivity contribution in [2.45, 2.75) is 6.92 Å². The third-order valence-electron chi connectivity index (χ3n) is 3.05. The number of carbonyl (C=O) groups excluding carboxylic acids is 1. The van der Waals surface area contributed by atoms with Gasteiger partial charge in [0.2, 0.25) is 0 Å². The first-order chi connectivity index (χ1) is 11.0. The molecule has 0 radical (unpaired) electrons. The van der Waals surface area contributed by atoms with Crippen LogP contribution in [0.3, 0.4) is 0 Å². The second-order valence-electron chi connectivity index (χ2n) is 4.51. The summed E-state index contributed by atoms with van der Waals surface area (Å²) in [4.78, 5) is 38.9. The van der Waals surface area contributed by atoms with E-state index in [-0.39, 0.29) is 28.8 Å². The highest BCUT2D eigenvalue weighted by molar-refractivity contribution is 6.31. The minimum atomic E-state index is -0.621. The van der Waals surface area contributed by atoms with Crippen LogP contribution >= 0.6 is 11.6 Å². The fraction of sp³-hybridized carbons (Fsp3) is 0.188. The summed E-state index contributed by atoms with van der Waals surface area (Å²) in [5.41, 5.74) is -0.835. The Morgan fingerprint density at radius 3 is 2.74 bits per heavy atom. The summed E-state index contributed by atoms with van der Waals surface area (Å²) in [5.74, 6) is -0.813. The molecule has 0 unspecified atom stereocenters. The molecular formula is C16H14ClNO5. The third-order valence-corrected chi connectivity index (χ3v) is 3.28. The van der Waals surface area contributed by atoms with Crippen LogP contribution in [0.4, 0.5) is 0 Å². The van der Waals surface area contributed by atoms with E-state index in [4.69, 9.17) is 21.1 Å². The van der Waals surface area contributed by atoms with Crippen LogP contribution in [0.5, 0.6) is 5.75 Å². The Bertz CT molecular complexity index is 901. The minimum absolute atomic E-state index is 0.0425. The van der Waals surface area contributed by atoms with E-state index in [1.54, 1.807) is 6.92 Å². The average Bonchev–Trinajstić information content (AvgIpc) is 2.59. The number of fused-ring (bicyclic) bond motifs is 1. The molecule has 0 saturated heterocycles. The van der Waals surface area contributed by atoms with E-state index in [2.05, 4.69) is 4.98 Å². The highest BCUT2D eigenvalue weighted by Crippen LogP contribution is 2.17. The van der Waals surface area contributed by atoms with Crippen molar-refractivity contribution < 1.29 is 14.3 Å². The fourth-order valence-electron chi connectivity index (χ4n) is 2.06. The van der Waals surface area contributed by atoms with Gasteiger partial charge in [0.1, 0.15) is 0 Å². The van der Waals surface area contributed by atoms with E-state index in [1.807, 2.05) is 0 Å². The summed E-state index contributed by atoms with van der Waals surface area (Å²) in [5, 5.41) is 0.625. The predicted octanol–water partition coefficient (Wildman–Crippen LogP) is 2.13. The number of aromatic amines is 1. The Balaban J connectivity index is 2.79. The molecule has 0 aliphatic carbocycles. The van der Waals surface area contributed by atoms with Gasteiger partial charge in [-0.25, -0.2) is 4.79 Å². The van der Waals surface area contributed by atoms with Crippen molar-refractivity contribution in [3.05, 3.63) is 55.4 Å². The Hall–Kier alpha value is -2.60. The Morgan fingerprint density at radius 1 is 1.35 bits per heavy atom. The van der Waals surface area contributed by atoms with Crippen molar-refractivity contribution in [2.24, 2.45) is 0 Å². The lowest BCUT2D eigenvalue weighted by molar-refractivity contribution is -0.137. The van der Waals surface area contributed by atoms with E-state index in [1.165, 1.54) is 31.4 Å². The lowest BCUT2D eigenvalue weighted by Gasteiger charge is -1.98. The molecule has 1 aromatic carbocycles. The van der Waals surface area contributed by atoms with Gasteiger partial charge in [0, 0.05) is 16.5 Å². The van der Waals surface area contributed by atoms with Gasteiger partial charge < -0.3 is 14.5 Å². The van der Waals surface area contributed by atoms with Crippen LogP contribution in [-0.4, -0.2) is 24.7 Å². The SMILES string of the molecule is CCOC(=O)/C=C/c1c(OC)c(=O)[nH]c2cc(Cl)ccc2c1=O. The van der Waals surface area contributed by atoms with Gasteiger partial charge in [0.05, 0.1) is 24.8 Å². The number of rotatable bonds is 4. The van der Waals surface area contributed by atoms with Crippen LogP contribution in [0.15, 0.2) is 33.9 Å². The van der Waals surface area contributed by atoms with Crippen LogP contribution in [0.1, 0.15) is 12.5 Å². The van der Waals surface area contributed by atoms with E-state index >= 15 is 0 Å². The largest absolute Gasteiger partial charge is 0.491 e. The number of H-pyrrole nitrogens is 1. The Labute approximate surface area is 136 Å². The van der Waals surface area contributed by atoms with Crippen molar-refractivity contribution in [3.63, 3.8) is 0 Å². The van der Waals surface area contributed by atoms with Crippen LogP contribution < -0.4 is 15.7 Å². The molecule has 0 amide bonds. The summed E-state index contributed by atoms with van der Waals surface area (Å²) < 4.78 is 9.79. The molecule has 6 nitrogen and oxygen atoms in total. The summed E-state index contributed by atoms with van der Waals surface area (Å²) in [6, 6.07) is 4.50. The monoisotopic (exact) mass is 335 g/mol. The number of methoxy groups -OCH3 is 1. The summed E-state index contributed by atoms with van der Waals surface area (Å²) in [6.07, 6.45) is 2.28. The van der Waals surface area contributed by atoms with Gasteiger partial charge in [-0.1, -0.05) is 11.6 Å². The molecule has 120 valence electrons. The average molecular weight is 336 g/mol. The second kappa shape index (κ2) is 7.11. The molecule has 2 aromatic rings. The van der Waals surface area contributed by atoms with Crippen molar-refractivity contribution in [2.75, 3.05) is 13.7 Å². The van der Waals surface area contributed by atoms with Gasteiger partial charge in [-0.05, 0) is 31.2 Å². The number of hydrogen-bond donors (Lipinski definition) is 1. The maximum Gasteiger partial charge on any atom is 0.330 e. The summed E-state index contributed by atoms with van der Waals surface area (Å²) in [6.45, 7) is 1.87. The maximum atomic E-state index is 12.7. The van der Waals surface area contributed by atoms with Gasteiger partial charge in [-0.15, -0.1) is 0 Å². The van der Waals surface area contributed by atoms with Crippen LogP contribution in [0.2, 0.25) is 5.02 Å². The maximum absolute atomic E-state index is 12.7. The number of hydrogen-bond acceptors (Lipinski definition) is 5. The second-order valence-corrected chi connectivity index (χ2v) is 4.94. The van der Waals surface area contributed by atoms with Gasteiger partial charge in [0.25, 0.3) is 5.56 Å². The first kappa shape index (κ1) is 16.8. The molecule has 0 bridgehead atoms. The Kier molecular flexibility index (Phi) is 5.18. The van der Waals surface area contributed by atoms with Gasteiger partial charge in [-0.3, -0.25) is 9.59 Å². The molecule has 1 aromatic heterocycles. The predicted molar refractivity (Wildman–Crippen MR) is 88.1 cm³/mol. The first-order valence-electron chi connectivity index (χ1n) is 6.76. The van der Waals surface area contributed by atoms with Crippen molar-refractivity contribution >= 4 is 34.5 Å². The molecule has 0 aliphatic heterocycles. The van der Waals surface area contributed by atoms with Gasteiger partial charge in [-0.2, -0.15) is 0 Å². The molecule has 23 heavy (non-hydrogen) atoms. The minimum Gasteiger partial charge on any atom is -0.491 e. The van der Waals surface area contributed by atoms with Crippen molar-refractivity contribution in [1.82, 2.24) is 4.98 Å².